The maximum absolute atomic E-state index is 13.3. The van der Waals surface area contributed by atoms with Gasteiger partial charge in [-0.2, -0.15) is 0 Å². The SMILES string of the molecule is Fc1cccc(F)c1NCc1ccc(Cl)c(Cl)c1. The van der Waals surface area contributed by atoms with E-state index in [-0.39, 0.29) is 12.2 Å². The zero-order valence-electron chi connectivity index (χ0n) is 9.18. The van der Waals surface area contributed by atoms with E-state index in [0.29, 0.717) is 10.0 Å². The van der Waals surface area contributed by atoms with Crippen molar-refractivity contribution in [1.82, 2.24) is 0 Å². The van der Waals surface area contributed by atoms with Gasteiger partial charge in [0.2, 0.25) is 0 Å². The third-order valence-electron chi connectivity index (χ3n) is 2.42. The summed E-state index contributed by atoms with van der Waals surface area (Å²) in [5, 5.41) is 3.54. The van der Waals surface area contributed by atoms with E-state index in [1.165, 1.54) is 18.2 Å². The molecule has 0 aliphatic carbocycles. The number of rotatable bonds is 3. The molecular weight excluding hydrogens is 279 g/mol. The lowest BCUT2D eigenvalue weighted by atomic mass is 10.2. The van der Waals surface area contributed by atoms with Crippen LogP contribution in [0.25, 0.3) is 0 Å². The number of para-hydroxylation sites is 1. The van der Waals surface area contributed by atoms with Gasteiger partial charge in [0, 0.05) is 6.54 Å². The molecule has 94 valence electrons. The molecule has 0 radical (unpaired) electrons. The van der Waals surface area contributed by atoms with Crippen molar-refractivity contribution >= 4 is 28.9 Å². The highest BCUT2D eigenvalue weighted by Crippen LogP contribution is 2.24. The Labute approximate surface area is 113 Å². The minimum absolute atomic E-state index is 0.149. The summed E-state index contributed by atoms with van der Waals surface area (Å²) in [6.45, 7) is 0.259. The molecule has 2 rings (SSSR count). The largest absolute Gasteiger partial charge is 0.376 e. The fraction of sp³-hybridized carbons (Fsp3) is 0.0769. The van der Waals surface area contributed by atoms with Crippen LogP contribution >= 0.6 is 23.2 Å². The summed E-state index contributed by atoms with van der Waals surface area (Å²) in [5.74, 6) is -1.26. The van der Waals surface area contributed by atoms with Crippen molar-refractivity contribution in [2.75, 3.05) is 5.32 Å². The van der Waals surface area contributed by atoms with Gasteiger partial charge in [0.15, 0.2) is 0 Å². The lowest BCUT2D eigenvalue weighted by Gasteiger charge is -2.09. The van der Waals surface area contributed by atoms with Crippen molar-refractivity contribution in [3.8, 4) is 0 Å². The topological polar surface area (TPSA) is 12.0 Å². The Morgan fingerprint density at radius 1 is 0.944 bits per heavy atom. The van der Waals surface area contributed by atoms with E-state index >= 15 is 0 Å². The lowest BCUT2D eigenvalue weighted by molar-refractivity contribution is 0.588. The molecule has 0 saturated carbocycles. The van der Waals surface area contributed by atoms with Crippen molar-refractivity contribution in [2.24, 2.45) is 0 Å². The second-order valence-electron chi connectivity index (χ2n) is 3.70. The number of nitrogens with one attached hydrogen (secondary N) is 1. The van der Waals surface area contributed by atoms with E-state index in [1.807, 2.05) is 0 Å². The Hall–Kier alpha value is -1.32. The van der Waals surface area contributed by atoms with Crippen LogP contribution in [0.1, 0.15) is 5.56 Å². The minimum atomic E-state index is -0.630. The molecule has 0 saturated heterocycles. The smallest absolute Gasteiger partial charge is 0.149 e. The molecule has 18 heavy (non-hydrogen) atoms. The molecule has 5 heteroatoms. The predicted molar refractivity (Wildman–Crippen MR) is 70.1 cm³/mol. The summed E-state index contributed by atoms with van der Waals surface area (Å²) in [6.07, 6.45) is 0. The molecule has 0 aliphatic heterocycles. The Morgan fingerprint density at radius 3 is 2.22 bits per heavy atom. The number of hydrogen-bond acceptors (Lipinski definition) is 1. The molecule has 1 nitrogen and oxygen atoms in total. The van der Waals surface area contributed by atoms with Gasteiger partial charge >= 0.3 is 0 Å². The van der Waals surface area contributed by atoms with Crippen LogP contribution in [-0.4, -0.2) is 0 Å². The van der Waals surface area contributed by atoms with Crippen LogP contribution in [0, 0.1) is 11.6 Å². The first-order valence-corrected chi connectivity index (χ1v) is 5.95. The summed E-state index contributed by atoms with van der Waals surface area (Å²) in [5.41, 5.74) is 0.635. The van der Waals surface area contributed by atoms with Gasteiger partial charge < -0.3 is 5.32 Å². The Morgan fingerprint density at radius 2 is 1.61 bits per heavy atom. The highest BCUT2D eigenvalue weighted by molar-refractivity contribution is 6.42. The summed E-state index contributed by atoms with van der Waals surface area (Å²) in [7, 11) is 0. The van der Waals surface area contributed by atoms with E-state index < -0.39 is 11.6 Å². The van der Waals surface area contributed by atoms with Gasteiger partial charge in [-0.05, 0) is 29.8 Å². The molecule has 0 unspecified atom stereocenters. The van der Waals surface area contributed by atoms with Gasteiger partial charge in [-0.1, -0.05) is 35.3 Å². The fourth-order valence-electron chi connectivity index (χ4n) is 1.51. The fourth-order valence-corrected chi connectivity index (χ4v) is 1.83. The van der Waals surface area contributed by atoms with Crippen LogP contribution in [0.5, 0.6) is 0 Å². The van der Waals surface area contributed by atoms with Crippen molar-refractivity contribution in [2.45, 2.75) is 6.54 Å². The maximum Gasteiger partial charge on any atom is 0.149 e. The van der Waals surface area contributed by atoms with E-state index in [2.05, 4.69) is 5.32 Å². The normalized spacial score (nSPS) is 10.4. The van der Waals surface area contributed by atoms with Crippen molar-refractivity contribution < 1.29 is 8.78 Å². The molecule has 0 aliphatic rings. The first kappa shape index (κ1) is 13.1. The quantitative estimate of drug-likeness (QED) is 0.848. The van der Waals surface area contributed by atoms with E-state index in [1.54, 1.807) is 18.2 Å². The molecule has 1 N–H and O–H groups in total. The molecule has 2 aromatic carbocycles. The molecule has 2 aromatic rings. The zero-order chi connectivity index (χ0) is 13.1. The molecule has 0 bridgehead atoms. The Bertz CT molecular complexity index is 553. The van der Waals surface area contributed by atoms with Gasteiger partial charge in [0.05, 0.1) is 10.0 Å². The van der Waals surface area contributed by atoms with Crippen LogP contribution in [0.3, 0.4) is 0 Å². The number of hydrogen-bond donors (Lipinski definition) is 1. The zero-order valence-corrected chi connectivity index (χ0v) is 10.7. The van der Waals surface area contributed by atoms with Gasteiger partial charge in [0.25, 0.3) is 0 Å². The van der Waals surface area contributed by atoms with Gasteiger partial charge in [-0.15, -0.1) is 0 Å². The summed E-state index contributed by atoms with van der Waals surface area (Å²) in [4.78, 5) is 0. The number of halogens is 4. The van der Waals surface area contributed by atoms with Crippen molar-refractivity contribution in [3.63, 3.8) is 0 Å². The second kappa shape index (κ2) is 5.55. The van der Waals surface area contributed by atoms with Crippen LogP contribution < -0.4 is 5.32 Å². The number of anilines is 1. The Kier molecular flexibility index (Phi) is 4.04. The molecule has 0 aromatic heterocycles. The van der Waals surface area contributed by atoms with Gasteiger partial charge in [0.1, 0.15) is 17.3 Å². The second-order valence-corrected chi connectivity index (χ2v) is 4.51. The first-order valence-electron chi connectivity index (χ1n) is 5.20. The van der Waals surface area contributed by atoms with Crippen molar-refractivity contribution in [3.05, 3.63) is 63.6 Å². The third-order valence-corrected chi connectivity index (χ3v) is 3.16. The molecule has 0 spiro atoms. The van der Waals surface area contributed by atoms with E-state index in [0.717, 1.165) is 5.56 Å². The summed E-state index contributed by atoms with van der Waals surface area (Å²) >= 11 is 11.6. The summed E-state index contributed by atoms with van der Waals surface area (Å²) < 4.78 is 26.7. The summed E-state index contributed by atoms with van der Waals surface area (Å²) in [6, 6.07) is 8.73. The van der Waals surface area contributed by atoms with Crippen LogP contribution in [0.15, 0.2) is 36.4 Å². The molecule has 0 amide bonds. The average Bonchev–Trinajstić information content (AvgIpc) is 2.33. The molecular formula is C13H9Cl2F2N. The Balaban J connectivity index is 2.14. The van der Waals surface area contributed by atoms with E-state index in [4.69, 9.17) is 23.2 Å². The molecule has 0 atom stereocenters. The van der Waals surface area contributed by atoms with E-state index in [9.17, 15) is 8.78 Å². The maximum atomic E-state index is 13.3. The van der Waals surface area contributed by atoms with Crippen molar-refractivity contribution in [1.29, 1.82) is 0 Å². The van der Waals surface area contributed by atoms with Gasteiger partial charge in [-0.3, -0.25) is 0 Å². The van der Waals surface area contributed by atoms with Crippen LogP contribution in [0.4, 0.5) is 14.5 Å². The van der Waals surface area contributed by atoms with Gasteiger partial charge in [-0.25, -0.2) is 8.78 Å². The average molecular weight is 288 g/mol. The highest BCUT2D eigenvalue weighted by atomic mass is 35.5. The predicted octanol–water partition coefficient (Wildman–Crippen LogP) is 4.88. The molecule has 0 fully saturated rings. The first-order chi connectivity index (χ1) is 8.58. The standard InChI is InChI=1S/C13H9Cl2F2N/c14-9-5-4-8(6-10(9)15)7-18-13-11(16)2-1-3-12(13)17/h1-6,18H,7H2. The van der Waals surface area contributed by atoms with Crippen LogP contribution in [-0.2, 0) is 6.54 Å². The number of benzene rings is 2. The lowest BCUT2D eigenvalue weighted by Crippen LogP contribution is -2.03. The highest BCUT2D eigenvalue weighted by Gasteiger charge is 2.07. The monoisotopic (exact) mass is 287 g/mol. The minimum Gasteiger partial charge on any atom is -0.376 e. The van der Waals surface area contributed by atoms with Crippen LogP contribution in [0.2, 0.25) is 10.0 Å². The third kappa shape index (κ3) is 2.92. The molecule has 0 heterocycles.